The summed E-state index contributed by atoms with van der Waals surface area (Å²) in [6.45, 7) is 12.5. The van der Waals surface area contributed by atoms with E-state index in [-0.39, 0.29) is 17.3 Å². The first-order valence-electron chi connectivity index (χ1n) is 24.2. The minimum Gasteiger partial charge on any atom is -0.347 e. The van der Waals surface area contributed by atoms with Gasteiger partial charge in [-0.3, -0.25) is 4.98 Å². The van der Waals surface area contributed by atoms with Crippen LogP contribution in [0.25, 0.3) is 0 Å². The van der Waals surface area contributed by atoms with E-state index in [0.717, 1.165) is 38.7 Å². The normalized spacial score (nSPS) is 18.5. The monoisotopic (exact) mass is 774 g/mol. The quantitative estimate of drug-likeness (QED) is 0.0498. The van der Waals surface area contributed by atoms with Crippen molar-refractivity contribution in [3.8, 4) is 0 Å². The van der Waals surface area contributed by atoms with E-state index in [9.17, 15) is 0 Å². The summed E-state index contributed by atoms with van der Waals surface area (Å²) in [6.07, 6.45) is 60.8. The molecule has 0 amide bonds. The van der Waals surface area contributed by atoms with Crippen molar-refractivity contribution in [1.82, 2.24) is 4.98 Å². The molecule has 0 N–H and O–H groups in total. The van der Waals surface area contributed by atoms with Crippen LogP contribution in [-0.4, -0.2) is 23.5 Å². The van der Waals surface area contributed by atoms with E-state index in [1.807, 2.05) is 12.4 Å². The lowest BCUT2D eigenvalue weighted by molar-refractivity contribution is -0.180. The third kappa shape index (κ3) is 26.1. The Morgan fingerprint density at radius 3 is 1.62 bits per heavy atom. The molecule has 2 heterocycles. The molecule has 1 aliphatic rings. The van der Waals surface area contributed by atoms with Gasteiger partial charge in [0.1, 0.15) is 0 Å². The summed E-state index contributed by atoms with van der Waals surface area (Å²) in [4.78, 5) is 4.38. The first kappa shape index (κ1) is 50.2. The van der Waals surface area contributed by atoms with Gasteiger partial charge in [0.05, 0.1) is 12.7 Å². The van der Waals surface area contributed by atoms with Crippen LogP contribution in [0.4, 0.5) is 0 Å². The molecule has 3 nitrogen and oxygen atoms in total. The van der Waals surface area contributed by atoms with Gasteiger partial charge >= 0.3 is 0 Å². The first-order valence-corrected chi connectivity index (χ1v) is 24.2. The smallest absolute Gasteiger partial charge is 0.168 e. The molecule has 0 bridgehead atoms. The third-order valence-corrected chi connectivity index (χ3v) is 12.0. The second-order valence-electron chi connectivity index (χ2n) is 18.0. The van der Waals surface area contributed by atoms with Crippen LogP contribution in [0, 0.1) is 5.92 Å². The molecule has 2 unspecified atom stereocenters. The van der Waals surface area contributed by atoms with E-state index in [0.29, 0.717) is 5.92 Å². The van der Waals surface area contributed by atoms with Gasteiger partial charge in [-0.2, -0.15) is 0 Å². The van der Waals surface area contributed by atoms with E-state index < -0.39 is 0 Å². The topological polar surface area (TPSA) is 31.4 Å². The molecule has 1 aromatic heterocycles. The number of ether oxygens (including phenoxy) is 2. The highest BCUT2D eigenvalue weighted by Crippen LogP contribution is 2.37. The van der Waals surface area contributed by atoms with Crippen molar-refractivity contribution in [1.29, 1.82) is 0 Å². The van der Waals surface area contributed by atoms with Gasteiger partial charge in [0.2, 0.25) is 0 Å². The summed E-state index contributed by atoms with van der Waals surface area (Å²) in [7, 11) is 0. The molecule has 320 valence electrons. The molecule has 56 heavy (non-hydrogen) atoms. The van der Waals surface area contributed by atoms with E-state index in [1.165, 1.54) is 166 Å². The maximum atomic E-state index is 6.89. The molecule has 1 aliphatic heterocycles. The largest absolute Gasteiger partial charge is 0.347 e. The number of pyridine rings is 1. The van der Waals surface area contributed by atoms with Crippen molar-refractivity contribution in [3.05, 3.63) is 78.7 Å². The average Bonchev–Trinajstić information content (AvgIpc) is 3.60. The third-order valence-electron chi connectivity index (χ3n) is 12.0. The van der Waals surface area contributed by atoms with Crippen LogP contribution in [0.2, 0.25) is 0 Å². The molecule has 2 atom stereocenters. The van der Waals surface area contributed by atoms with Crippen LogP contribution >= 0.6 is 0 Å². The predicted molar refractivity (Wildman–Crippen MR) is 246 cm³/mol. The lowest BCUT2D eigenvalue weighted by atomic mass is 9.77. The zero-order valence-corrected chi connectivity index (χ0v) is 37.8. The number of allylic oxidation sites excluding steroid dienone is 8. The number of rotatable bonds is 37. The summed E-state index contributed by atoms with van der Waals surface area (Å²) in [6, 6.07) is 4.30. The number of nitrogens with zero attached hydrogens (tertiary/aromatic N) is 1. The molecular weight excluding hydrogens is 683 g/mol. The van der Waals surface area contributed by atoms with Crippen LogP contribution in [0.3, 0.4) is 0 Å². The van der Waals surface area contributed by atoms with Gasteiger partial charge in [-0.05, 0) is 113 Å². The van der Waals surface area contributed by atoms with Crippen molar-refractivity contribution in [2.24, 2.45) is 5.92 Å². The number of hydrogen-bond acceptors (Lipinski definition) is 3. The zero-order valence-electron chi connectivity index (χ0n) is 37.8. The predicted octanol–water partition coefficient (Wildman–Crippen LogP) is 17.1. The Bertz CT molecular complexity index is 1090. The minimum absolute atomic E-state index is 0.152. The van der Waals surface area contributed by atoms with Gasteiger partial charge in [0, 0.05) is 25.2 Å². The molecule has 1 aromatic rings. The van der Waals surface area contributed by atoms with Crippen molar-refractivity contribution in [3.63, 3.8) is 0 Å². The Balaban J connectivity index is 1.67. The van der Waals surface area contributed by atoms with Gasteiger partial charge in [-0.15, -0.1) is 0 Å². The van der Waals surface area contributed by atoms with Gasteiger partial charge in [-0.1, -0.05) is 179 Å². The highest BCUT2D eigenvalue weighted by atomic mass is 16.7. The summed E-state index contributed by atoms with van der Waals surface area (Å²) in [5.74, 6) is 0.331. The minimum atomic E-state index is -0.344. The Morgan fingerprint density at radius 2 is 1.14 bits per heavy atom. The Morgan fingerprint density at radius 1 is 0.661 bits per heavy atom. The van der Waals surface area contributed by atoms with Crippen LogP contribution in [0.15, 0.2) is 73.1 Å². The SMILES string of the molecule is CCCCCC=CCC=CCCCCCCCCC1(CCCCCCCCC=CCC=CCCCCC)OCC(CCCC(C)CC(C)(C)c2cccnc2)O1. The molecule has 1 saturated heterocycles. The standard InChI is InChI=1S/C53H91NO2/c1-6-8-10-12-14-16-18-20-22-24-26-28-30-32-34-36-43-53(44-37-35-33-31-29-27-25-23-21-19-17-15-13-11-9-7-2)55-48-51(56-53)42-38-40-49(3)46-52(4,5)50-41-39-45-54-47-50/h14-17,20-23,39,41,45,47,49,51H,6-13,18-19,24-38,40,42-44,46,48H2,1-5H3. The fourth-order valence-corrected chi connectivity index (χ4v) is 8.46. The van der Waals surface area contributed by atoms with Crippen LogP contribution in [-0.2, 0) is 14.9 Å². The number of hydrogen-bond donors (Lipinski definition) is 0. The van der Waals surface area contributed by atoms with Crippen molar-refractivity contribution in [2.45, 2.75) is 245 Å². The van der Waals surface area contributed by atoms with Crippen molar-refractivity contribution < 1.29 is 9.47 Å². The van der Waals surface area contributed by atoms with Crippen molar-refractivity contribution in [2.75, 3.05) is 6.61 Å². The van der Waals surface area contributed by atoms with Gasteiger partial charge in [0.15, 0.2) is 5.79 Å². The van der Waals surface area contributed by atoms with E-state index in [1.54, 1.807) is 0 Å². The molecule has 0 radical (unpaired) electrons. The van der Waals surface area contributed by atoms with E-state index in [4.69, 9.17) is 9.47 Å². The van der Waals surface area contributed by atoms with E-state index in [2.05, 4.69) is 100 Å². The zero-order chi connectivity index (χ0) is 40.3. The number of unbranched alkanes of at least 4 members (excludes halogenated alkanes) is 18. The lowest BCUT2D eigenvalue weighted by Gasteiger charge is -2.29. The molecule has 0 aromatic carbocycles. The maximum Gasteiger partial charge on any atom is 0.168 e. The molecule has 1 fully saturated rings. The summed E-state index contributed by atoms with van der Waals surface area (Å²) in [5.41, 5.74) is 1.50. The Hall–Kier alpha value is -1.97. The second-order valence-corrected chi connectivity index (χ2v) is 18.0. The van der Waals surface area contributed by atoms with Crippen LogP contribution in [0.5, 0.6) is 0 Å². The Labute approximate surface area is 349 Å². The molecule has 0 spiro atoms. The summed E-state index contributed by atoms with van der Waals surface area (Å²) < 4.78 is 13.5. The van der Waals surface area contributed by atoms with E-state index >= 15 is 0 Å². The van der Waals surface area contributed by atoms with Crippen molar-refractivity contribution >= 4 is 0 Å². The van der Waals surface area contributed by atoms with Gasteiger partial charge in [0.25, 0.3) is 0 Å². The van der Waals surface area contributed by atoms with Gasteiger partial charge < -0.3 is 9.47 Å². The first-order chi connectivity index (χ1) is 27.4. The van der Waals surface area contributed by atoms with Crippen LogP contribution < -0.4 is 0 Å². The maximum absolute atomic E-state index is 6.89. The summed E-state index contributed by atoms with van der Waals surface area (Å²) >= 11 is 0. The fraction of sp³-hybridized carbons (Fsp3) is 0.755. The highest BCUT2D eigenvalue weighted by molar-refractivity contribution is 5.19. The molecule has 0 aliphatic carbocycles. The lowest BCUT2D eigenvalue weighted by Crippen LogP contribution is -2.31. The van der Waals surface area contributed by atoms with Crippen LogP contribution in [0.1, 0.15) is 233 Å². The molecular formula is C53H91NO2. The number of aromatic nitrogens is 1. The summed E-state index contributed by atoms with van der Waals surface area (Å²) in [5, 5.41) is 0. The fourth-order valence-electron chi connectivity index (χ4n) is 8.46. The Kier molecular flexibility index (Phi) is 30.4. The second kappa shape index (κ2) is 33.9. The van der Waals surface area contributed by atoms with Gasteiger partial charge in [-0.25, -0.2) is 0 Å². The molecule has 0 saturated carbocycles. The molecule has 2 rings (SSSR count). The molecule has 3 heteroatoms. The average molecular weight is 774 g/mol. The highest BCUT2D eigenvalue weighted by Gasteiger charge is 2.40.